The molecule has 8 nitrogen and oxygen atoms in total. The number of aromatic hydroxyl groups is 1. The van der Waals surface area contributed by atoms with E-state index in [0.717, 1.165) is 31.7 Å². The lowest BCUT2D eigenvalue weighted by Crippen LogP contribution is -2.61. The Morgan fingerprint density at radius 1 is 1.36 bits per heavy atom. The third-order valence-electron chi connectivity index (χ3n) is 6.62. The molecular formula is C25H31F2N5O3S. The van der Waals surface area contributed by atoms with Crippen LogP contribution in [0.2, 0.25) is 0 Å². The van der Waals surface area contributed by atoms with Crippen molar-refractivity contribution in [3.8, 4) is 5.75 Å². The van der Waals surface area contributed by atoms with E-state index in [1.54, 1.807) is 11.9 Å². The second-order valence-electron chi connectivity index (χ2n) is 9.05. The van der Waals surface area contributed by atoms with E-state index in [9.17, 15) is 23.5 Å². The van der Waals surface area contributed by atoms with Crippen molar-refractivity contribution in [1.29, 1.82) is 10.8 Å². The highest BCUT2D eigenvalue weighted by molar-refractivity contribution is 8.26. The largest absolute Gasteiger partial charge is 0.503 e. The summed E-state index contributed by atoms with van der Waals surface area (Å²) in [7, 11) is 1.80. The average Bonchev–Trinajstić information content (AvgIpc) is 2.82. The molecular weight excluding hydrogens is 488 g/mol. The highest BCUT2D eigenvalue weighted by Gasteiger charge is 2.42. The highest BCUT2D eigenvalue weighted by Crippen LogP contribution is 2.35. The van der Waals surface area contributed by atoms with Crippen LogP contribution in [0.15, 0.2) is 29.2 Å². The molecule has 0 spiro atoms. The molecule has 1 fully saturated rings. The van der Waals surface area contributed by atoms with Crippen molar-refractivity contribution in [3.05, 3.63) is 63.1 Å². The molecule has 1 saturated carbocycles. The van der Waals surface area contributed by atoms with Gasteiger partial charge in [-0.2, -0.15) is 0 Å². The van der Waals surface area contributed by atoms with E-state index < -0.39 is 34.4 Å². The number of halogens is 2. The summed E-state index contributed by atoms with van der Waals surface area (Å²) in [6.45, 7) is 4.32. The van der Waals surface area contributed by atoms with Gasteiger partial charge in [0.05, 0.1) is 16.3 Å². The predicted molar refractivity (Wildman–Crippen MR) is 137 cm³/mol. The lowest BCUT2D eigenvalue weighted by molar-refractivity contribution is 0.0133. The molecule has 1 heterocycles. The number of carbonyl (C=O) groups is 1. The molecule has 0 aliphatic heterocycles. The summed E-state index contributed by atoms with van der Waals surface area (Å²) < 4.78 is 27.0. The number of pyridine rings is 1. The standard InChI is InChI=1S/C25H31F2N5O3S/c1-4-32(25(30-3)9-5-6-14(2)12-25)24(35)20-22(34)21(33)17(13-31-20)23(29)36-19(28)10-15-7-8-16(26)11-18(15)27/h7-8,11,13-14,28-30,34H,4-6,9-10,12H2,1-3H3,(H,31,33)/t14-,25?/m0/s1. The summed E-state index contributed by atoms with van der Waals surface area (Å²) in [5.74, 6) is -2.47. The van der Waals surface area contributed by atoms with Crippen LogP contribution in [0.25, 0.3) is 0 Å². The summed E-state index contributed by atoms with van der Waals surface area (Å²) in [5.41, 5.74) is -1.93. The fourth-order valence-electron chi connectivity index (χ4n) is 4.81. The molecule has 0 radical (unpaired) electrons. The van der Waals surface area contributed by atoms with E-state index in [0.29, 0.717) is 30.3 Å². The maximum Gasteiger partial charge on any atom is 0.275 e. The number of carbonyl (C=O) groups excluding carboxylic acids is 1. The lowest BCUT2D eigenvalue weighted by atomic mass is 9.80. The van der Waals surface area contributed by atoms with E-state index in [1.165, 1.54) is 12.3 Å². The number of hydrogen-bond donors (Lipinski definition) is 5. The number of amides is 1. The van der Waals surface area contributed by atoms with Crippen LogP contribution in [-0.4, -0.2) is 50.2 Å². The third kappa shape index (κ3) is 5.67. The van der Waals surface area contributed by atoms with Gasteiger partial charge in [-0.1, -0.05) is 31.2 Å². The van der Waals surface area contributed by atoms with Crippen molar-refractivity contribution in [3.63, 3.8) is 0 Å². The number of H-pyrrole nitrogens is 1. The first-order chi connectivity index (χ1) is 17.0. The predicted octanol–water partition coefficient (Wildman–Crippen LogP) is 4.23. The molecule has 1 aliphatic carbocycles. The molecule has 11 heteroatoms. The van der Waals surface area contributed by atoms with Gasteiger partial charge in [-0.05, 0) is 50.8 Å². The Morgan fingerprint density at radius 2 is 2.08 bits per heavy atom. The Balaban J connectivity index is 1.80. The zero-order chi connectivity index (χ0) is 26.6. The minimum Gasteiger partial charge on any atom is -0.503 e. The molecule has 1 unspecified atom stereocenters. The smallest absolute Gasteiger partial charge is 0.275 e. The molecule has 0 saturated heterocycles. The average molecular weight is 520 g/mol. The normalized spacial score (nSPS) is 19.6. The van der Waals surface area contributed by atoms with Gasteiger partial charge in [0.2, 0.25) is 5.43 Å². The first-order valence-corrected chi connectivity index (χ1v) is 12.6. The van der Waals surface area contributed by atoms with Crippen LogP contribution in [0.4, 0.5) is 8.78 Å². The Hall–Kier alpha value is -3.05. The van der Waals surface area contributed by atoms with E-state index in [2.05, 4.69) is 17.2 Å². The van der Waals surface area contributed by atoms with Crippen LogP contribution >= 0.6 is 11.8 Å². The summed E-state index contributed by atoms with van der Waals surface area (Å²) in [4.78, 5) is 30.6. The van der Waals surface area contributed by atoms with Gasteiger partial charge in [-0.15, -0.1) is 0 Å². The van der Waals surface area contributed by atoms with Crippen molar-refractivity contribution < 1.29 is 18.7 Å². The van der Waals surface area contributed by atoms with Crippen LogP contribution in [-0.2, 0) is 6.42 Å². The Labute approximate surface area is 212 Å². The summed E-state index contributed by atoms with van der Waals surface area (Å²) in [5, 5.41) is 29.7. The second kappa shape index (κ2) is 11.3. The number of rotatable bonds is 7. The van der Waals surface area contributed by atoms with E-state index in [-0.39, 0.29) is 33.3 Å². The summed E-state index contributed by atoms with van der Waals surface area (Å²) in [6.07, 6.45) is 4.46. The Kier molecular flexibility index (Phi) is 8.67. The van der Waals surface area contributed by atoms with Crippen molar-refractivity contribution in [1.82, 2.24) is 15.2 Å². The monoisotopic (exact) mass is 519 g/mol. The third-order valence-corrected chi connectivity index (χ3v) is 7.44. The molecule has 5 N–H and O–H groups in total. The maximum absolute atomic E-state index is 13.9. The number of nitrogens with one attached hydrogen (secondary N) is 4. The molecule has 3 rings (SSSR count). The number of aromatic amines is 1. The second-order valence-corrected chi connectivity index (χ2v) is 10.2. The number of hydrogen-bond acceptors (Lipinski definition) is 7. The number of benzene rings is 1. The SMILES string of the molecule is CCN(C(=O)c1[nH]cc(C(=N)SC(=N)Cc2ccc(F)cc2F)c(=O)c1O)C1(NC)CCC[C@H](C)C1. The van der Waals surface area contributed by atoms with Crippen LogP contribution in [0.5, 0.6) is 5.75 Å². The summed E-state index contributed by atoms with van der Waals surface area (Å²) in [6, 6.07) is 3.00. The van der Waals surface area contributed by atoms with Gasteiger partial charge in [0, 0.05) is 25.2 Å². The first-order valence-electron chi connectivity index (χ1n) is 11.8. The molecule has 194 valence electrons. The van der Waals surface area contributed by atoms with Crippen LogP contribution in [0.3, 0.4) is 0 Å². The van der Waals surface area contributed by atoms with Crippen molar-refractivity contribution in [2.75, 3.05) is 13.6 Å². The van der Waals surface area contributed by atoms with Crippen LogP contribution < -0.4 is 10.7 Å². The van der Waals surface area contributed by atoms with Gasteiger partial charge in [-0.25, -0.2) is 8.78 Å². The van der Waals surface area contributed by atoms with Crippen LogP contribution in [0.1, 0.15) is 61.1 Å². The molecule has 1 amide bonds. The van der Waals surface area contributed by atoms with Gasteiger partial charge in [0.25, 0.3) is 5.91 Å². The zero-order valence-electron chi connectivity index (χ0n) is 20.5. The molecule has 36 heavy (non-hydrogen) atoms. The molecule has 1 aliphatic rings. The van der Waals surface area contributed by atoms with Crippen LogP contribution in [0, 0.1) is 28.4 Å². The Morgan fingerprint density at radius 3 is 2.69 bits per heavy atom. The van der Waals surface area contributed by atoms with Crippen molar-refractivity contribution in [2.45, 2.75) is 51.6 Å². The van der Waals surface area contributed by atoms with Gasteiger partial charge >= 0.3 is 0 Å². The zero-order valence-corrected chi connectivity index (χ0v) is 21.3. The molecule has 1 aromatic heterocycles. The summed E-state index contributed by atoms with van der Waals surface area (Å²) >= 11 is 0.604. The van der Waals surface area contributed by atoms with Gasteiger partial charge < -0.3 is 15.0 Å². The van der Waals surface area contributed by atoms with Crippen molar-refractivity contribution >= 4 is 27.8 Å². The fourth-order valence-corrected chi connectivity index (χ4v) is 5.55. The van der Waals surface area contributed by atoms with Crippen molar-refractivity contribution in [2.24, 2.45) is 5.92 Å². The lowest BCUT2D eigenvalue weighted by Gasteiger charge is -2.47. The molecule has 2 atom stereocenters. The number of thioether (sulfide) groups is 1. The minimum absolute atomic E-state index is 0.0783. The van der Waals surface area contributed by atoms with Gasteiger partial charge in [-0.3, -0.25) is 25.7 Å². The van der Waals surface area contributed by atoms with E-state index >= 15 is 0 Å². The number of aromatic nitrogens is 1. The van der Waals surface area contributed by atoms with Gasteiger partial charge in [0.1, 0.15) is 16.7 Å². The highest BCUT2D eigenvalue weighted by atomic mass is 32.2. The molecule has 0 bridgehead atoms. The minimum atomic E-state index is -0.915. The molecule has 2 aromatic rings. The topological polar surface area (TPSA) is 133 Å². The number of nitrogens with zero attached hydrogens (tertiary/aromatic N) is 1. The van der Waals surface area contributed by atoms with Gasteiger partial charge in [0.15, 0.2) is 11.4 Å². The first kappa shape index (κ1) is 27.5. The molecule has 1 aromatic carbocycles. The fraction of sp³-hybridized carbons (Fsp3) is 0.440. The quantitative estimate of drug-likeness (QED) is 0.212. The van der Waals surface area contributed by atoms with E-state index in [4.69, 9.17) is 10.8 Å². The maximum atomic E-state index is 13.9. The Bertz CT molecular complexity index is 1230. The van der Waals surface area contributed by atoms with E-state index in [1.807, 2.05) is 6.92 Å².